The monoisotopic (exact) mass is 413 g/mol. The number of halogens is 2. The number of pyridine rings is 1. The minimum absolute atomic E-state index is 0.0531. The molecule has 3 aromatic heterocycles. The van der Waals surface area contributed by atoms with E-state index >= 15 is 0 Å². The highest BCUT2D eigenvalue weighted by Crippen LogP contribution is 2.44. The van der Waals surface area contributed by atoms with Crippen LogP contribution in [-0.2, 0) is 11.3 Å². The first-order valence-electron chi connectivity index (χ1n) is 8.01. The van der Waals surface area contributed by atoms with Gasteiger partial charge in [0.25, 0.3) is 0 Å². The summed E-state index contributed by atoms with van der Waals surface area (Å²) in [6, 6.07) is 6.05. The molecule has 0 aliphatic carbocycles. The molecule has 3 N–H and O–H groups in total. The van der Waals surface area contributed by atoms with Gasteiger partial charge < -0.3 is 15.8 Å². The number of hydrogen-bond donors (Lipinski definition) is 2. The maximum Gasteiger partial charge on any atom is 0.131 e. The Balaban J connectivity index is 1.72. The Morgan fingerprint density at radius 3 is 3.04 bits per heavy atom. The molecule has 0 radical (unpaired) electrons. The lowest BCUT2D eigenvalue weighted by Crippen LogP contribution is -2.36. The van der Waals surface area contributed by atoms with Gasteiger partial charge in [-0.2, -0.15) is 0 Å². The van der Waals surface area contributed by atoms with Crippen LogP contribution in [0.2, 0.25) is 10.2 Å². The quantitative estimate of drug-likeness (QED) is 0.583. The summed E-state index contributed by atoms with van der Waals surface area (Å²) in [6.07, 6.45) is 0.840. The van der Waals surface area contributed by atoms with E-state index < -0.39 is 0 Å². The molecule has 4 heterocycles. The highest BCUT2D eigenvalue weighted by Gasteiger charge is 2.29. The summed E-state index contributed by atoms with van der Waals surface area (Å²) in [5.41, 5.74) is 7.99. The maximum absolute atomic E-state index is 6.65. The van der Waals surface area contributed by atoms with Crippen LogP contribution in [0.5, 0.6) is 0 Å². The van der Waals surface area contributed by atoms with Crippen LogP contribution in [-0.4, -0.2) is 24.2 Å². The number of nitrogens with two attached hydrogens (primary N) is 1. The van der Waals surface area contributed by atoms with Crippen LogP contribution in [0.15, 0.2) is 23.6 Å². The van der Waals surface area contributed by atoms with Crippen LogP contribution in [0.25, 0.3) is 10.2 Å². The molecule has 25 heavy (non-hydrogen) atoms. The molecule has 0 bridgehead atoms. The molecule has 132 valence electrons. The van der Waals surface area contributed by atoms with E-state index in [1.54, 1.807) is 22.7 Å². The number of anilines is 1. The normalized spacial score (nSPS) is 20.9. The van der Waals surface area contributed by atoms with E-state index in [0.29, 0.717) is 23.4 Å². The van der Waals surface area contributed by atoms with E-state index in [9.17, 15) is 0 Å². The summed E-state index contributed by atoms with van der Waals surface area (Å²) in [6.45, 7) is 2.04. The van der Waals surface area contributed by atoms with Crippen LogP contribution in [0.1, 0.15) is 22.1 Å². The number of hydrogen-bond acceptors (Lipinski definition) is 6. The lowest BCUT2D eigenvalue weighted by atomic mass is 9.95. The van der Waals surface area contributed by atoms with Gasteiger partial charge in [0.1, 0.15) is 10.7 Å². The average molecular weight is 414 g/mol. The zero-order chi connectivity index (χ0) is 17.4. The van der Waals surface area contributed by atoms with Crippen LogP contribution in [0.3, 0.4) is 0 Å². The van der Waals surface area contributed by atoms with Crippen molar-refractivity contribution in [1.82, 2.24) is 4.98 Å². The van der Waals surface area contributed by atoms with Crippen molar-refractivity contribution in [3.05, 3.63) is 43.5 Å². The Hall–Kier alpha value is -0.890. The number of nitrogens with one attached hydrogen (secondary N) is 1. The van der Waals surface area contributed by atoms with Gasteiger partial charge in [-0.15, -0.1) is 22.7 Å². The molecule has 8 heteroatoms. The first kappa shape index (κ1) is 17.5. The number of ether oxygens (including phenoxy) is 1. The third-order valence-electron chi connectivity index (χ3n) is 4.36. The Bertz CT molecular complexity index is 882. The van der Waals surface area contributed by atoms with Gasteiger partial charge in [-0.3, -0.25) is 0 Å². The maximum atomic E-state index is 6.65. The Morgan fingerprint density at radius 1 is 1.40 bits per heavy atom. The fraction of sp³-hybridized carbons (Fsp3) is 0.353. The summed E-state index contributed by atoms with van der Waals surface area (Å²) >= 11 is 16.2. The molecule has 1 aliphatic heterocycles. The first-order chi connectivity index (χ1) is 12.1. The van der Waals surface area contributed by atoms with Crippen molar-refractivity contribution in [3.8, 4) is 0 Å². The van der Waals surface area contributed by atoms with Gasteiger partial charge in [0.05, 0.1) is 22.0 Å². The number of nitrogens with zero attached hydrogens (tertiary/aromatic N) is 1. The third-order valence-corrected chi connectivity index (χ3v) is 7.27. The fourth-order valence-electron chi connectivity index (χ4n) is 3.02. The second-order valence-corrected chi connectivity index (χ2v) is 8.87. The zero-order valence-corrected chi connectivity index (χ0v) is 16.4. The first-order valence-corrected chi connectivity index (χ1v) is 10.5. The van der Waals surface area contributed by atoms with Crippen molar-refractivity contribution in [2.75, 3.05) is 18.5 Å². The predicted molar refractivity (Wildman–Crippen MR) is 107 cm³/mol. The van der Waals surface area contributed by atoms with Crippen molar-refractivity contribution in [2.24, 2.45) is 5.73 Å². The Kier molecular flexibility index (Phi) is 5.18. The highest BCUT2D eigenvalue weighted by molar-refractivity contribution is 7.20. The Labute approximate surface area is 163 Å². The summed E-state index contributed by atoms with van der Waals surface area (Å²) in [4.78, 5) is 6.74. The summed E-state index contributed by atoms with van der Waals surface area (Å²) in [5.74, 6) is 0.101. The summed E-state index contributed by atoms with van der Waals surface area (Å²) in [7, 11) is 0. The molecular formula is C17H17Cl2N3OS2. The summed E-state index contributed by atoms with van der Waals surface area (Å²) in [5, 5.41) is 6.60. The van der Waals surface area contributed by atoms with Crippen LogP contribution in [0, 0.1) is 0 Å². The smallest absolute Gasteiger partial charge is 0.131 e. The van der Waals surface area contributed by atoms with Gasteiger partial charge >= 0.3 is 0 Å². The number of aromatic nitrogens is 1. The van der Waals surface area contributed by atoms with Gasteiger partial charge in [-0.05, 0) is 17.9 Å². The SMILES string of the molecule is N[C@H]1CCOC[C@@H]1c1sc2c(NCc3cccs3)cc(Cl)nc2c1Cl. The molecule has 3 aromatic rings. The predicted octanol–water partition coefficient (Wildman–Crippen LogP) is 5.11. The molecule has 4 nitrogen and oxygen atoms in total. The zero-order valence-electron chi connectivity index (χ0n) is 13.3. The summed E-state index contributed by atoms with van der Waals surface area (Å²) < 4.78 is 6.63. The minimum atomic E-state index is 0.0531. The van der Waals surface area contributed by atoms with Crippen molar-refractivity contribution >= 4 is 61.8 Å². The van der Waals surface area contributed by atoms with Crippen LogP contribution in [0.4, 0.5) is 5.69 Å². The molecule has 2 atom stereocenters. The van der Waals surface area contributed by atoms with E-state index in [1.165, 1.54) is 4.88 Å². The molecule has 0 aromatic carbocycles. The molecule has 0 saturated carbocycles. The topological polar surface area (TPSA) is 60.2 Å². The van der Waals surface area contributed by atoms with E-state index in [4.69, 9.17) is 33.7 Å². The van der Waals surface area contributed by atoms with Crippen LogP contribution >= 0.6 is 45.9 Å². The average Bonchev–Trinajstić information content (AvgIpc) is 3.22. The van der Waals surface area contributed by atoms with E-state index in [1.807, 2.05) is 12.1 Å². The minimum Gasteiger partial charge on any atom is -0.381 e. The van der Waals surface area contributed by atoms with Gasteiger partial charge in [0, 0.05) is 40.9 Å². The lowest BCUT2D eigenvalue weighted by molar-refractivity contribution is 0.0702. The molecule has 0 spiro atoms. The van der Waals surface area contributed by atoms with Gasteiger partial charge in [0.2, 0.25) is 0 Å². The van der Waals surface area contributed by atoms with Gasteiger partial charge in [-0.1, -0.05) is 29.3 Å². The highest BCUT2D eigenvalue weighted by atomic mass is 35.5. The van der Waals surface area contributed by atoms with Crippen molar-refractivity contribution in [1.29, 1.82) is 0 Å². The molecule has 1 fully saturated rings. The largest absolute Gasteiger partial charge is 0.381 e. The molecule has 1 aliphatic rings. The molecule has 0 amide bonds. The lowest BCUT2D eigenvalue weighted by Gasteiger charge is -2.28. The molecule has 4 rings (SSSR count). The molecule has 1 saturated heterocycles. The van der Waals surface area contributed by atoms with Gasteiger partial charge in [-0.25, -0.2) is 4.98 Å². The fourth-order valence-corrected chi connectivity index (χ4v) is 5.59. The Morgan fingerprint density at radius 2 is 2.28 bits per heavy atom. The van der Waals surface area contributed by atoms with Gasteiger partial charge in [0.15, 0.2) is 0 Å². The van der Waals surface area contributed by atoms with E-state index in [-0.39, 0.29) is 12.0 Å². The van der Waals surface area contributed by atoms with Crippen molar-refractivity contribution in [2.45, 2.75) is 24.9 Å². The molecule has 0 unspecified atom stereocenters. The second-order valence-electron chi connectivity index (χ2n) is 6.02. The third kappa shape index (κ3) is 3.52. The van der Waals surface area contributed by atoms with Crippen molar-refractivity contribution in [3.63, 3.8) is 0 Å². The number of rotatable bonds is 4. The van der Waals surface area contributed by atoms with Crippen molar-refractivity contribution < 1.29 is 4.74 Å². The number of fused-ring (bicyclic) bond motifs is 1. The van der Waals surface area contributed by atoms with E-state index in [0.717, 1.165) is 33.7 Å². The second kappa shape index (κ2) is 7.39. The molecular weight excluding hydrogens is 397 g/mol. The standard InChI is InChI=1S/C17H17Cl2N3OS2/c18-13-6-12(21-7-9-2-1-5-24-9)17-15(22-13)14(19)16(25-17)10-8-23-4-3-11(10)20/h1-2,5-6,10-11H,3-4,7-8,20H2,(H,21,22)/t10-,11-/m0/s1. The van der Waals surface area contributed by atoms with Crippen LogP contribution < -0.4 is 11.1 Å². The number of thiophene rings is 2. The van der Waals surface area contributed by atoms with E-state index in [2.05, 4.69) is 21.7 Å².